The van der Waals surface area contributed by atoms with Crippen molar-refractivity contribution in [2.75, 3.05) is 17.2 Å². The van der Waals surface area contributed by atoms with E-state index in [4.69, 9.17) is 4.42 Å². The topological polar surface area (TPSA) is 75.9 Å². The second-order valence-corrected chi connectivity index (χ2v) is 3.97. The Labute approximate surface area is 106 Å². The first-order valence-electron chi connectivity index (χ1n) is 5.91. The molecule has 6 nitrogen and oxygen atoms in total. The Morgan fingerprint density at radius 3 is 2.67 bits per heavy atom. The van der Waals surface area contributed by atoms with E-state index in [9.17, 15) is 0 Å². The molecule has 0 unspecified atom stereocenters. The molecule has 0 fully saturated rings. The van der Waals surface area contributed by atoms with Gasteiger partial charge in [-0.3, -0.25) is 0 Å². The Kier molecular flexibility index (Phi) is 3.76. The van der Waals surface area contributed by atoms with E-state index in [1.54, 1.807) is 12.4 Å². The lowest BCUT2D eigenvalue weighted by molar-refractivity contribution is 0.478. The van der Waals surface area contributed by atoms with Crippen molar-refractivity contribution in [1.82, 2.24) is 15.0 Å². The maximum absolute atomic E-state index is 5.39. The molecule has 0 aliphatic heterocycles. The second kappa shape index (κ2) is 5.48. The highest BCUT2D eigenvalue weighted by atomic mass is 16.4. The summed E-state index contributed by atoms with van der Waals surface area (Å²) in [5, 5.41) is 6.27. The summed E-state index contributed by atoms with van der Waals surface area (Å²) in [7, 11) is 0. The number of oxazole rings is 1. The van der Waals surface area contributed by atoms with Crippen LogP contribution in [0.3, 0.4) is 0 Å². The summed E-state index contributed by atoms with van der Waals surface area (Å²) < 4.78 is 5.39. The van der Waals surface area contributed by atoms with Crippen LogP contribution in [-0.4, -0.2) is 21.5 Å². The van der Waals surface area contributed by atoms with Gasteiger partial charge in [0.15, 0.2) is 0 Å². The number of rotatable bonds is 5. The number of nitrogens with one attached hydrogen (secondary N) is 2. The third-order valence-corrected chi connectivity index (χ3v) is 2.38. The monoisotopic (exact) mass is 247 g/mol. The van der Waals surface area contributed by atoms with Crippen LogP contribution in [0.25, 0.3) is 0 Å². The van der Waals surface area contributed by atoms with Crippen molar-refractivity contribution in [2.45, 2.75) is 27.3 Å². The third-order valence-electron chi connectivity index (χ3n) is 2.38. The molecule has 2 N–H and O–H groups in total. The minimum absolute atomic E-state index is 0.511. The summed E-state index contributed by atoms with van der Waals surface area (Å²) >= 11 is 0. The Morgan fingerprint density at radius 2 is 2.00 bits per heavy atom. The number of hydrogen-bond acceptors (Lipinski definition) is 6. The number of aryl methyl sites for hydroxylation is 2. The normalized spacial score (nSPS) is 10.4. The maximum atomic E-state index is 5.39. The molecule has 0 saturated carbocycles. The van der Waals surface area contributed by atoms with Crippen LogP contribution >= 0.6 is 0 Å². The largest absolute Gasteiger partial charge is 0.444 e. The lowest BCUT2D eigenvalue weighted by atomic mass is 10.3. The molecule has 0 aliphatic rings. The minimum atomic E-state index is 0.511. The highest BCUT2D eigenvalue weighted by Gasteiger charge is 2.05. The molecule has 2 aromatic rings. The van der Waals surface area contributed by atoms with Gasteiger partial charge in [0.1, 0.15) is 11.6 Å². The van der Waals surface area contributed by atoms with Gasteiger partial charge < -0.3 is 15.1 Å². The number of nitrogens with zero attached hydrogens (tertiary/aromatic N) is 3. The lowest BCUT2D eigenvalue weighted by Gasteiger charge is -2.08. The van der Waals surface area contributed by atoms with Gasteiger partial charge in [-0.15, -0.1) is 0 Å². The van der Waals surface area contributed by atoms with E-state index in [-0.39, 0.29) is 0 Å². The first kappa shape index (κ1) is 12.3. The Morgan fingerprint density at radius 1 is 1.17 bits per heavy atom. The van der Waals surface area contributed by atoms with Gasteiger partial charge in [-0.1, -0.05) is 0 Å². The van der Waals surface area contributed by atoms with Gasteiger partial charge >= 0.3 is 0 Å². The average molecular weight is 247 g/mol. The van der Waals surface area contributed by atoms with Gasteiger partial charge in [-0.05, 0) is 20.8 Å². The van der Waals surface area contributed by atoms with Crippen molar-refractivity contribution in [3.63, 3.8) is 0 Å². The quantitative estimate of drug-likeness (QED) is 0.843. The van der Waals surface area contributed by atoms with E-state index in [0.717, 1.165) is 23.7 Å². The first-order chi connectivity index (χ1) is 8.69. The smallest absolute Gasteiger partial charge is 0.224 e. The van der Waals surface area contributed by atoms with E-state index in [2.05, 4.69) is 25.6 Å². The summed E-state index contributed by atoms with van der Waals surface area (Å²) in [5.74, 6) is 2.86. The lowest BCUT2D eigenvalue weighted by Crippen LogP contribution is -2.08. The first-order valence-corrected chi connectivity index (χ1v) is 5.91. The zero-order valence-electron chi connectivity index (χ0n) is 10.8. The van der Waals surface area contributed by atoms with E-state index in [0.29, 0.717) is 18.4 Å². The molecule has 0 spiro atoms. The zero-order valence-corrected chi connectivity index (χ0v) is 10.8. The molecule has 0 aromatic carbocycles. The van der Waals surface area contributed by atoms with Crippen LogP contribution in [0.5, 0.6) is 0 Å². The summed E-state index contributed by atoms with van der Waals surface area (Å²) in [6, 6.07) is 0. The fourth-order valence-corrected chi connectivity index (χ4v) is 1.51. The molecule has 0 amide bonds. The van der Waals surface area contributed by atoms with Crippen molar-refractivity contribution in [2.24, 2.45) is 0 Å². The van der Waals surface area contributed by atoms with Crippen LogP contribution in [-0.2, 0) is 6.54 Å². The Bertz CT molecular complexity index is 523. The molecule has 0 bridgehead atoms. The SMILES string of the molecule is CCNc1ncc(C)c(NCc2ncc(C)o2)n1. The molecule has 0 atom stereocenters. The van der Waals surface area contributed by atoms with Crippen molar-refractivity contribution in [3.05, 3.63) is 29.6 Å². The predicted octanol–water partition coefficient (Wildman–Crippen LogP) is 2.13. The van der Waals surface area contributed by atoms with Gasteiger partial charge in [0.2, 0.25) is 11.8 Å². The molecule has 18 heavy (non-hydrogen) atoms. The van der Waals surface area contributed by atoms with E-state index >= 15 is 0 Å². The van der Waals surface area contributed by atoms with Crippen molar-refractivity contribution >= 4 is 11.8 Å². The molecule has 2 rings (SSSR count). The van der Waals surface area contributed by atoms with Crippen molar-refractivity contribution < 1.29 is 4.42 Å². The van der Waals surface area contributed by atoms with Gasteiger partial charge in [0, 0.05) is 18.3 Å². The summed E-state index contributed by atoms with van der Waals surface area (Å²) in [4.78, 5) is 12.7. The Hall–Kier alpha value is -2.11. The molecular formula is C12H17N5O. The van der Waals surface area contributed by atoms with E-state index in [1.807, 2.05) is 20.8 Å². The predicted molar refractivity (Wildman–Crippen MR) is 69.5 cm³/mol. The van der Waals surface area contributed by atoms with Crippen LogP contribution in [0.15, 0.2) is 16.8 Å². The highest BCUT2D eigenvalue weighted by molar-refractivity contribution is 5.46. The van der Waals surface area contributed by atoms with E-state index < -0.39 is 0 Å². The molecule has 2 heterocycles. The van der Waals surface area contributed by atoms with Crippen molar-refractivity contribution in [3.8, 4) is 0 Å². The highest BCUT2D eigenvalue weighted by Crippen LogP contribution is 2.13. The molecule has 0 radical (unpaired) electrons. The molecule has 6 heteroatoms. The standard InChI is InChI=1S/C12H17N5O/c1-4-13-12-16-5-8(2)11(17-12)15-7-10-14-6-9(3)18-10/h5-6H,4,7H2,1-3H3,(H2,13,15,16,17). The summed E-state index contributed by atoms with van der Waals surface area (Å²) in [6.07, 6.45) is 3.49. The van der Waals surface area contributed by atoms with Crippen LogP contribution in [0.4, 0.5) is 11.8 Å². The zero-order chi connectivity index (χ0) is 13.0. The number of aromatic nitrogens is 3. The van der Waals surface area contributed by atoms with Gasteiger partial charge in [-0.25, -0.2) is 9.97 Å². The van der Waals surface area contributed by atoms with Crippen LogP contribution in [0.2, 0.25) is 0 Å². The van der Waals surface area contributed by atoms with Crippen molar-refractivity contribution in [1.29, 1.82) is 0 Å². The summed E-state index contributed by atoms with van der Waals surface area (Å²) in [6.45, 7) is 7.14. The fourth-order valence-electron chi connectivity index (χ4n) is 1.51. The van der Waals surface area contributed by atoms with Gasteiger partial charge in [0.25, 0.3) is 0 Å². The molecule has 0 aliphatic carbocycles. The fraction of sp³-hybridized carbons (Fsp3) is 0.417. The molecular weight excluding hydrogens is 230 g/mol. The number of hydrogen-bond donors (Lipinski definition) is 2. The van der Waals surface area contributed by atoms with Crippen LogP contribution in [0.1, 0.15) is 24.1 Å². The second-order valence-electron chi connectivity index (χ2n) is 3.97. The van der Waals surface area contributed by atoms with Crippen LogP contribution < -0.4 is 10.6 Å². The molecule has 96 valence electrons. The van der Waals surface area contributed by atoms with Gasteiger partial charge in [0.05, 0.1) is 12.7 Å². The Balaban J connectivity index is 2.05. The number of anilines is 2. The minimum Gasteiger partial charge on any atom is -0.444 e. The molecule has 2 aromatic heterocycles. The maximum Gasteiger partial charge on any atom is 0.224 e. The summed E-state index contributed by atoms with van der Waals surface area (Å²) in [5.41, 5.74) is 0.986. The van der Waals surface area contributed by atoms with Crippen LogP contribution in [0, 0.1) is 13.8 Å². The van der Waals surface area contributed by atoms with E-state index in [1.165, 1.54) is 0 Å². The molecule has 0 saturated heterocycles. The average Bonchev–Trinajstić information content (AvgIpc) is 2.76. The third kappa shape index (κ3) is 2.97. The van der Waals surface area contributed by atoms with Gasteiger partial charge in [-0.2, -0.15) is 4.98 Å².